The van der Waals surface area contributed by atoms with Crippen LogP contribution in [0.25, 0.3) is 5.65 Å². The number of aromatic nitrogens is 3. The number of benzene rings is 1. The van der Waals surface area contributed by atoms with Crippen molar-refractivity contribution in [3.05, 3.63) is 64.3 Å². The van der Waals surface area contributed by atoms with Crippen LogP contribution in [-0.2, 0) is 6.54 Å². The number of nitrogens with zero attached hydrogens (tertiary/aromatic N) is 3. The Morgan fingerprint density at radius 1 is 1.27 bits per heavy atom. The lowest BCUT2D eigenvalue weighted by Crippen LogP contribution is -2.26. The first-order valence-electron chi connectivity index (χ1n) is 6.92. The third-order valence-corrected chi connectivity index (χ3v) is 4.24. The van der Waals surface area contributed by atoms with Crippen LogP contribution in [0.4, 0.5) is 0 Å². The van der Waals surface area contributed by atoms with Gasteiger partial charge in [-0.05, 0) is 13.2 Å². The minimum atomic E-state index is -0.183. The quantitative estimate of drug-likeness (QED) is 0.422. The number of thioether (sulfide) groups is 1. The van der Waals surface area contributed by atoms with Crippen molar-refractivity contribution in [2.75, 3.05) is 6.26 Å². The van der Waals surface area contributed by atoms with Crippen molar-refractivity contribution < 1.29 is 4.79 Å². The Balaban J connectivity index is 2.16. The van der Waals surface area contributed by atoms with Crippen LogP contribution in [-0.4, -0.2) is 26.0 Å². The van der Waals surface area contributed by atoms with E-state index in [4.69, 9.17) is 0 Å². The minimum Gasteiger partial charge on any atom is -0.288 e. The van der Waals surface area contributed by atoms with Gasteiger partial charge < -0.3 is 0 Å². The molecule has 0 N–H and O–H groups in total. The maximum atomic E-state index is 12.5. The van der Waals surface area contributed by atoms with Crippen LogP contribution in [0.1, 0.15) is 23.0 Å². The van der Waals surface area contributed by atoms with Gasteiger partial charge in [0.05, 0.1) is 5.03 Å². The van der Waals surface area contributed by atoms with Gasteiger partial charge in [0.15, 0.2) is 0 Å². The van der Waals surface area contributed by atoms with Crippen LogP contribution in [0, 0.1) is 0 Å². The Labute approximate surface area is 131 Å². The summed E-state index contributed by atoms with van der Waals surface area (Å²) in [4.78, 5) is 29.2. The first-order chi connectivity index (χ1) is 10.7. The average molecular weight is 313 g/mol. The average Bonchev–Trinajstić information content (AvgIpc) is 2.99. The number of hydrogen-bond acceptors (Lipinski definition) is 4. The van der Waals surface area contributed by atoms with Crippen LogP contribution in [0.15, 0.2) is 52.4 Å². The third kappa shape index (κ3) is 2.35. The number of carbonyl (C=O) groups is 1. The summed E-state index contributed by atoms with van der Waals surface area (Å²) in [6.45, 7) is 2.49. The summed E-state index contributed by atoms with van der Waals surface area (Å²) in [7, 11) is 0. The molecule has 5 nitrogen and oxygen atoms in total. The fourth-order valence-corrected chi connectivity index (χ4v) is 3.02. The van der Waals surface area contributed by atoms with E-state index >= 15 is 0 Å². The summed E-state index contributed by atoms with van der Waals surface area (Å²) in [5.74, 6) is -0.183. The van der Waals surface area contributed by atoms with Crippen molar-refractivity contribution in [1.29, 1.82) is 0 Å². The van der Waals surface area contributed by atoms with Gasteiger partial charge in [0.2, 0.25) is 5.78 Å². The number of carbonyl (C=O) groups excluding carboxylic acids is 1. The van der Waals surface area contributed by atoms with Gasteiger partial charge in [0.1, 0.15) is 11.3 Å². The molecular formula is C16H15N3O2S. The Kier molecular flexibility index (Phi) is 3.85. The molecule has 3 rings (SSSR count). The molecule has 0 amide bonds. The van der Waals surface area contributed by atoms with E-state index in [1.165, 1.54) is 22.4 Å². The number of ketones is 1. The molecule has 0 bridgehead atoms. The molecule has 0 spiro atoms. The van der Waals surface area contributed by atoms with Crippen LogP contribution in [0.3, 0.4) is 0 Å². The van der Waals surface area contributed by atoms with Gasteiger partial charge in [-0.1, -0.05) is 30.3 Å². The largest absolute Gasteiger partial charge is 0.334 e. The van der Waals surface area contributed by atoms with E-state index < -0.39 is 0 Å². The predicted octanol–water partition coefficient (Wildman–Crippen LogP) is 2.47. The number of imidazole rings is 1. The molecule has 0 saturated carbocycles. The van der Waals surface area contributed by atoms with Gasteiger partial charge in [-0.2, -0.15) is 0 Å². The molecule has 112 valence electrons. The molecule has 1 aromatic carbocycles. The summed E-state index contributed by atoms with van der Waals surface area (Å²) in [6, 6.07) is 10.8. The number of rotatable bonds is 4. The highest BCUT2D eigenvalue weighted by atomic mass is 32.2. The molecule has 0 fully saturated rings. The first-order valence-corrected chi connectivity index (χ1v) is 8.15. The topological polar surface area (TPSA) is 56.4 Å². The Bertz CT molecular complexity index is 897. The van der Waals surface area contributed by atoms with Crippen LogP contribution >= 0.6 is 11.8 Å². The zero-order chi connectivity index (χ0) is 15.7. The van der Waals surface area contributed by atoms with Gasteiger partial charge in [-0.3, -0.25) is 13.8 Å². The predicted molar refractivity (Wildman–Crippen MR) is 86.8 cm³/mol. The number of fused-ring (bicyclic) bond motifs is 1. The summed E-state index contributed by atoms with van der Waals surface area (Å²) in [5.41, 5.74) is 1.17. The molecule has 2 aromatic heterocycles. The van der Waals surface area contributed by atoms with E-state index in [-0.39, 0.29) is 17.2 Å². The van der Waals surface area contributed by atoms with Gasteiger partial charge in [0.25, 0.3) is 0 Å². The van der Waals surface area contributed by atoms with E-state index in [1.54, 1.807) is 28.8 Å². The zero-order valence-electron chi connectivity index (χ0n) is 12.3. The molecule has 0 radical (unpaired) electrons. The SMILES string of the molecule is CCn1c(SC)cc2nc(C(=O)c3ccccc3)cn2c1=O. The Morgan fingerprint density at radius 2 is 2.00 bits per heavy atom. The second-order valence-electron chi connectivity index (χ2n) is 4.76. The van der Waals surface area contributed by atoms with Crippen molar-refractivity contribution >= 4 is 23.2 Å². The molecule has 0 saturated heterocycles. The maximum absolute atomic E-state index is 12.5. The van der Waals surface area contributed by atoms with Crippen molar-refractivity contribution in [2.24, 2.45) is 0 Å². The molecule has 6 heteroatoms. The van der Waals surface area contributed by atoms with Crippen molar-refractivity contribution in [1.82, 2.24) is 14.0 Å². The minimum absolute atomic E-state index is 0.177. The van der Waals surface area contributed by atoms with E-state index in [2.05, 4.69) is 4.98 Å². The molecule has 0 atom stereocenters. The summed E-state index contributed by atoms with van der Waals surface area (Å²) < 4.78 is 3.09. The lowest BCUT2D eigenvalue weighted by atomic mass is 10.1. The molecule has 0 aliphatic rings. The Hall–Kier alpha value is -2.34. The second-order valence-corrected chi connectivity index (χ2v) is 5.59. The molecule has 0 unspecified atom stereocenters. The van der Waals surface area contributed by atoms with Gasteiger partial charge in [-0.15, -0.1) is 11.8 Å². The van der Waals surface area contributed by atoms with E-state index in [9.17, 15) is 9.59 Å². The highest BCUT2D eigenvalue weighted by molar-refractivity contribution is 7.98. The van der Waals surface area contributed by atoms with E-state index in [1.807, 2.05) is 25.3 Å². The fourth-order valence-electron chi connectivity index (χ4n) is 2.37. The summed E-state index contributed by atoms with van der Waals surface area (Å²) >= 11 is 1.49. The summed E-state index contributed by atoms with van der Waals surface area (Å²) in [6.07, 6.45) is 3.43. The highest BCUT2D eigenvalue weighted by Gasteiger charge is 2.16. The smallest absolute Gasteiger partial charge is 0.288 e. The zero-order valence-corrected chi connectivity index (χ0v) is 13.1. The maximum Gasteiger partial charge on any atom is 0.334 e. The van der Waals surface area contributed by atoms with Crippen molar-refractivity contribution in [2.45, 2.75) is 18.5 Å². The van der Waals surface area contributed by atoms with Crippen molar-refractivity contribution in [3.8, 4) is 0 Å². The van der Waals surface area contributed by atoms with E-state index in [0.29, 0.717) is 17.8 Å². The second kappa shape index (κ2) is 5.81. The lowest BCUT2D eigenvalue weighted by Gasteiger charge is -2.08. The number of hydrogen-bond donors (Lipinski definition) is 0. The molecule has 22 heavy (non-hydrogen) atoms. The van der Waals surface area contributed by atoms with Gasteiger partial charge >= 0.3 is 5.69 Å². The molecule has 2 heterocycles. The van der Waals surface area contributed by atoms with Crippen LogP contribution < -0.4 is 5.69 Å². The molecule has 0 aliphatic heterocycles. The van der Waals surface area contributed by atoms with Gasteiger partial charge in [-0.25, -0.2) is 9.78 Å². The monoisotopic (exact) mass is 313 g/mol. The molecule has 3 aromatic rings. The Morgan fingerprint density at radius 3 is 2.64 bits per heavy atom. The lowest BCUT2D eigenvalue weighted by molar-refractivity contribution is 0.103. The molecule has 0 aliphatic carbocycles. The normalized spacial score (nSPS) is 11.0. The molecular weight excluding hydrogens is 298 g/mol. The fraction of sp³-hybridized carbons (Fsp3) is 0.188. The van der Waals surface area contributed by atoms with E-state index in [0.717, 1.165) is 5.03 Å². The summed E-state index contributed by atoms with van der Waals surface area (Å²) in [5, 5.41) is 0.837. The van der Waals surface area contributed by atoms with Crippen molar-refractivity contribution in [3.63, 3.8) is 0 Å². The highest BCUT2D eigenvalue weighted by Crippen LogP contribution is 2.16. The third-order valence-electron chi connectivity index (χ3n) is 3.48. The van der Waals surface area contributed by atoms with Crippen LogP contribution in [0.2, 0.25) is 0 Å². The van der Waals surface area contributed by atoms with Gasteiger partial charge in [0, 0.05) is 24.4 Å². The first kappa shape index (κ1) is 14.6. The van der Waals surface area contributed by atoms with Crippen LogP contribution in [0.5, 0.6) is 0 Å². The standard InChI is InChI=1S/C16H15N3O2S/c1-3-18-14(22-2)9-13-17-12(10-19(13)16(18)21)15(20)11-7-5-4-6-8-11/h4-10H,3H2,1-2H3.